The van der Waals surface area contributed by atoms with Crippen LogP contribution in [0.1, 0.15) is 36.4 Å². The average molecular weight is 620 g/mol. The van der Waals surface area contributed by atoms with Crippen molar-refractivity contribution in [3.63, 3.8) is 0 Å². The Morgan fingerprint density at radius 3 is 1.73 bits per heavy atom. The third-order valence-corrected chi connectivity index (χ3v) is 6.93. The van der Waals surface area contributed by atoms with Gasteiger partial charge in [0, 0.05) is 36.4 Å². The van der Waals surface area contributed by atoms with Gasteiger partial charge >= 0.3 is 11.4 Å². The van der Waals surface area contributed by atoms with Crippen LogP contribution in [-0.2, 0) is 9.47 Å². The minimum absolute atomic E-state index is 0.205. The number of ether oxygens (including phenoxy) is 2. The number of aliphatic hydroxyl groups is 4. The predicted octanol–water partition coefficient (Wildman–Crippen LogP) is -3.09. The van der Waals surface area contributed by atoms with Crippen LogP contribution in [0.4, 0.5) is 5.82 Å². The van der Waals surface area contributed by atoms with Gasteiger partial charge in [-0.25, -0.2) is 24.5 Å². The molecule has 6 heterocycles. The number of aromatic amines is 3. The molecule has 4 aromatic heterocycles. The largest absolute Gasteiger partial charge is 0.394 e. The Kier molecular flexibility index (Phi) is 10.2. The number of aryl methyl sites for hydroxylation is 2. The Morgan fingerprint density at radius 2 is 1.32 bits per heavy atom. The van der Waals surface area contributed by atoms with Gasteiger partial charge in [0.15, 0.2) is 11.5 Å². The number of fused-ring (bicyclic) bond motifs is 1. The van der Waals surface area contributed by atoms with Crippen molar-refractivity contribution in [2.24, 2.45) is 0 Å². The SMILES string of the molecule is Cc1cn([C@H]2C[C@H](O)[C@@H](CO)O2)c(=O)[nH]c1=O.Cc1cn([C@H]2C[C@H](O)[C@@H](CO)O2)c(=O)[nH]c1=O.Nc1ncnc2nc[nH]c12. The van der Waals surface area contributed by atoms with Crippen LogP contribution in [0.2, 0.25) is 0 Å². The lowest BCUT2D eigenvalue weighted by Gasteiger charge is -2.14. The third kappa shape index (κ3) is 7.15. The van der Waals surface area contributed by atoms with E-state index in [0.717, 1.165) is 0 Å². The van der Waals surface area contributed by atoms with Crippen LogP contribution in [0.15, 0.2) is 44.2 Å². The molecule has 0 bridgehead atoms. The number of aromatic nitrogens is 8. The second kappa shape index (κ2) is 13.8. The summed E-state index contributed by atoms with van der Waals surface area (Å²) in [6, 6.07) is 0. The van der Waals surface area contributed by atoms with Crippen molar-refractivity contribution in [2.75, 3.05) is 18.9 Å². The van der Waals surface area contributed by atoms with E-state index < -0.39 is 59.4 Å². The first-order valence-electron chi connectivity index (χ1n) is 13.4. The van der Waals surface area contributed by atoms with Gasteiger partial charge in [-0.05, 0) is 13.8 Å². The van der Waals surface area contributed by atoms with Crippen molar-refractivity contribution >= 4 is 17.0 Å². The fourth-order valence-corrected chi connectivity index (χ4v) is 4.48. The van der Waals surface area contributed by atoms with Gasteiger partial charge in [0.05, 0.1) is 31.7 Å². The van der Waals surface area contributed by atoms with Crippen LogP contribution >= 0.6 is 0 Å². The Bertz CT molecular complexity index is 1720. The van der Waals surface area contributed by atoms with Crippen molar-refractivity contribution < 1.29 is 29.9 Å². The quantitative estimate of drug-likeness (QED) is 0.112. The van der Waals surface area contributed by atoms with Crippen LogP contribution in [0.25, 0.3) is 11.2 Å². The number of rotatable bonds is 4. The Hall–Kier alpha value is -4.53. The Balaban J connectivity index is 0.000000156. The topological polar surface area (TPSA) is 290 Å². The first-order valence-corrected chi connectivity index (χ1v) is 13.4. The van der Waals surface area contributed by atoms with Crippen LogP contribution < -0.4 is 28.2 Å². The molecule has 6 rings (SSSR count). The molecule has 0 amide bonds. The highest BCUT2D eigenvalue weighted by Crippen LogP contribution is 2.28. The highest BCUT2D eigenvalue weighted by Gasteiger charge is 2.36. The van der Waals surface area contributed by atoms with E-state index in [1.807, 2.05) is 0 Å². The molecule has 2 fully saturated rings. The number of nitrogen functional groups attached to an aromatic ring is 1. The van der Waals surface area contributed by atoms with Gasteiger partial charge in [0.1, 0.15) is 36.5 Å². The molecule has 0 unspecified atom stereocenters. The third-order valence-electron chi connectivity index (χ3n) is 6.93. The van der Waals surface area contributed by atoms with E-state index in [4.69, 9.17) is 25.4 Å². The molecule has 2 aliphatic rings. The number of nitrogens with zero attached hydrogens (tertiary/aromatic N) is 5. The van der Waals surface area contributed by atoms with Gasteiger partial charge < -0.3 is 40.6 Å². The number of nitrogens with one attached hydrogen (secondary N) is 3. The molecule has 0 saturated carbocycles. The lowest BCUT2D eigenvalue weighted by Crippen LogP contribution is -2.33. The Labute approximate surface area is 246 Å². The van der Waals surface area contributed by atoms with E-state index in [9.17, 15) is 29.4 Å². The molecule has 238 valence electrons. The summed E-state index contributed by atoms with van der Waals surface area (Å²) < 4.78 is 13.1. The van der Waals surface area contributed by atoms with Gasteiger partial charge in [0.2, 0.25) is 0 Å². The standard InChI is InChI=1S/2C10H14N2O5.C5H5N5/c2*1-5-3-12(10(16)11-9(5)15)8-2-6(14)7(4-13)17-8;6-4-3-5(9-1-7-3)10-2-8-4/h2*3,6-8,13-14H,2,4H2,1H3,(H,11,15,16);1-2H,(H3,6,7,8,9,10)/t2*6-,7+,8+;/m00./s1. The van der Waals surface area contributed by atoms with Crippen molar-refractivity contribution in [1.82, 2.24) is 39.0 Å². The molecular formula is C25H33N9O10. The van der Waals surface area contributed by atoms with Gasteiger partial charge in [0.25, 0.3) is 11.1 Å². The van der Waals surface area contributed by atoms with E-state index >= 15 is 0 Å². The number of anilines is 1. The maximum Gasteiger partial charge on any atom is 0.330 e. The summed E-state index contributed by atoms with van der Waals surface area (Å²) in [5.41, 5.74) is 5.49. The zero-order valence-corrected chi connectivity index (χ0v) is 23.7. The summed E-state index contributed by atoms with van der Waals surface area (Å²) in [6.07, 6.45) is 1.76. The van der Waals surface area contributed by atoms with E-state index in [0.29, 0.717) is 28.1 Å². The van der Waals surface area contributed by atoms with Gasteiger partial charge in [-0.1, -0.05) is 0 Å². The molecule has 44 heavy (non-hydrogen) atoms. The predicted molar refractivity (Wildman–Crippen MR) is 151 cm³/mol. The van der Waals surface area contributed by atoms with E-state index in [1.54, 1.807) is 13.8 Å². The summed E-state index contributed by atoms with van der Waals surface area (Å²) in [5, 5.41) is 37.0. The van der Waals surface area contributed by atoms with E-state index in [1.165, 1.54) is 34.2 Å². The van der Waals surface area contributed by atoms with Crippen molar-refractivity contribution in [3.05, 3.63) is 77.9 Å². The normalized spacial score (nSPS) is 24.4. The summed E-state index contributed by atoms with van der Waals surface area (Å²) >= 11 is 0. The smallest absolute Gasteiger partial charge is 0.330 e. The summed E-state index contributed by atoms with van der Waals surface area (Å²) in [5.74, 6) is 0.433. The molecule has 0 aliphatic carbocycles. The first-order chi connectivity index (χ1) is 20.9. The monoisotopic (exact) mass is 619 g/mol. The van der Waals surface area contributed by atoms with Crippen molar-refractivity contribution in [2.45, 2.75) is 63.6 Å². The summed E-state index contributed by atoms with van der Waals surface area (Å²) in [4.78, 5) is 64.2. The summed E-state index contributed by atoms with van der Waals surface area (Å²) in [7, 11) is 0. The number of hydrogen-bond donors (Lipinski definition) is 8. The van der Waals surface area contributed by atoms with E-state index in [2.05, 4.69) is 29.9 Å². The Morgan fingerprint density at radius 1 is 0.841 bits per heavy atom. The highest BCUT2D eigenvalue weighted by molar-refractivity contribution is 5.80. The molecule has 4 aromatic rings. The number of H-pyrrole nitrogens is 3. The van der Waals surface area contributed by atoms with Crippen molar-refractivity contribution in [1.29, 1.82) is 0 Å². The van der Waals surface area contributed by atoms with Gasteiger partial charge in [-0.3, -0.25) is 28.7 Å². The van der Waals surface area contributed by atoms with Crippen LogP contribution in [0.5, 0.6) is 0 Å². The molecule has 0 radical (unpaired) electrons. The lowest BCUT2D eigenvalue weighted by molar-refractivity contribution is -0.0459. The number of aliphatic hydroxyl groups excluding tert-OH is 4. The highest BCUT2D eigenvalue weighted by atomic mass is 16.5. The van der Waals surface area contributed by atoms with Crippen LogP contribution in [0.3, 0.4) is 0 Å². The second-order valence-corrected chi connectivity index (χ2v) is 10.0. The van der Waals surface area contributed by atoms with Gasteiger partial charge in [-0.15, -0.1) is 0 Å². The maximum absolute atomic E-state index is 11.6. The van der Waals surface area contributed by atoms with Crippen LogP contribution in [0, 0.1) is 13.8 Å². The molecule has 2 saturated heterocycles. The molecule has 2 aliphatic heterocycles. The molecular weight excluding hydrogens is 586 g/mol. The number of imidazole rings is 1. The van der Waals surface area contributed by atoms with Crippen molar-refractivity contribution in [3.8, 4) is 0 Å². The van der Waals surface area contributed by atoms with Crippen LogP contribution in [-0.4, -0.2) is 97.1 Å². The molecule has 0 aromatic carbocycles. The maximum atomic E-state index is 11.6. The minimum atomic E-state index is -0.816. The van der Waals surface area contributed by atoms with Gasteiger partial charge in [-0.2, -0.15) is 0 Å². The van der Waals surface area contributed by atoms with E-state index in [-0.39, 0.29) is 26.1 Å². The number of nitrogens with two attached hydrogens (primary N) is 1. The second-order valence-electron chi connectivity index (χ2n) is 10.0. The first kappa shape index (κ1) is 32.4. The fraction of sp³-hybridized carbons (Fsp3) is 0.480. The molecule has 19 nitrogen and oxygen atoms in total. The summed E-state index contributed by atoms with van der Waals surface area (Å²) in [6.45, 7) is 2.52. The fourth-order valence-electron chi connectivity index (χ4n) is 4.48. The lowest BCUT2D eigenvalue weighted by atomic mass is 10.2. The zero-order valence-electron chi connectivity index (χ0n) is 23.7. The number of hydrogen-bond acceptors (Lipinski definition) is 14. The molecule has 9 N–H and O–H groups in total. The minimum Gasteiger partial charge on any atom is -0.394 e. The molecule has 19 heteroatoms. The zero-order chi connectivity index (χ0) is 32.1. The molecule has 0 spiro atoms. The molecule has 6 atom stereocenters. The average Bonchev–Trinajstić information content (AvgIpc) is 3.72.